The molecule has 0 aromatic heterocycles. The monoisotopic (exact) mass is 170 g/mol. The minimum Gasteiger partial charge on any atom is -0.376 e. The molecule has 1 aromatic rings. The maximum absolute atomic E-state index is 5.09. The van der Waals surface area contributed by atoms with Gasteiger partial charge in [-0.3, -0.25) is 0 Å². The number of ether oxygens (including phenoxy) is 1. The molecular formula is C9H14OS. The van der Waals surface area contributed by atoms with Crippen LogP contribution in [0, 0.1) is 0 Å². The molecule has 1 atom stereocenters. The van der Waals surface area contributed by atoms with Crippen molar-refractivity contribution in [2.24, 2.45) is 0 Å². The van der Waals surface area contributed by atoms with Gasteiger partial charge in [-0.1, -0.05) is 30.3 Å². The first-order valence-electron chi connectivity index (χ1n) is 3.59. The van der Waals surface area contributed by atoms with E-state index in [1.54, 1.807) is 7.11 Å². The van der Waals surface area contributed by atoms with Gasteiger partial charge in [0.05, 0.1) is 5.94 Å². The molecule has 0 aliphatic heterocycles. The summed E-state index contributed by atoms with van der Waals surface area (Å²) in [6.45, 7) is 0. The molecule has 0 radical (unpaired) electrons. The van der Waals surface area contributed by atoms with E-state index in [9.17, 15) is 0 Å². The van der Waals surface area contributed by atoms with Crippen molar-refractivity contribution >= 4 is 10.9 Å². The summed E-state index contributed by atoms with van der Waals surface area (Å²) < 4.78 is 5.09. The van der Waals surface area contributed by atoms with E-state index in [4.69, 9.17) is 4.74 Å². The highest BCUT2D eigenvalue weighted by Gasteiger charge is 1.97. The number of hydrogen-bond acceptors (Lipinski definition) is 1. The second-order valence-corrected chi connectivity index (χ2v) is 4.62. The van der Waals surface area contributed by atoms with Gasteiger partial charge in [-0.2, -0.15) is 0 Å². The smallest absolute Gasteiger partial charge is 0.0777 e. The van der Waals surface area contributed by atoms with Crippen LogP contribution in [-0.4, -0.2) is 19.3 Å². The molecule has 0 fully saturated rings. The van der Waals surface area contributed by atoms with Gasteiger partial charge in [0.2, 0.25) is 0 Å². The van der Waals surface area contributed by atoms with Crippen LogP contribution >= 0.6 is 10.9 Å². The van der Waals surface area contributed by atoms with Crippen LogP contribution in [0.3, 0.4) is 0 Å². The summed E-state index contributed by atoms with van der Waals surface area (Å²) >= 11 is 0. The van der Waals surface area contributed by atoms with E-state index < -0.39 is 0 Å². The third-order valence-electron chi connectivity index (χ3n) is 1.52. The summed E-state index contributed by atoms with van der Waals surface area (Å²) in [6, 6.07) is 10.5. The lowest BCUT2D eigenvalue weighted by Crippen LogP contribution is -1.89. The van der Waals surface area contributed by atoms with Crippen LogP contribution in [0.15, 0.2) is 35.2 Å². The van der Waals surface area contributed by atoms with Crippen LogP contribution in [0.2, 0.25) is 0 Å². The molecule has 0 aliphatic rings. The summed E-state index contributed by atoms with van der Waals surface area (Å²) in [5, 5.41) is 0. The van der Waals surface area contributed by atoms with Crippen molar-refractivity contribution in [3.05, 3.63) is 30.3 Å². The van der Waals surface area contributed by atoms with Gasteiger partial charge in [-0.05, 0) is 11.2 Å². The Morgan fingerprint density at radius 2 is 1.91 bits per heavy atom. The predicted octanol–water partition coefficient (Wildman–Crippen LogP) is 2.28. The molecule has 0 heterocycles. The molecule has 1 unspecified atom stereocenters. The summed E-state index contributed by atoms with van der Waals surface area (Å²) in [5.74, 6) is 0.860. The average molecular weight is 170 g/mol. The highest BCUT2D eigenvalue weighted by atomic mass is 32.2. The Hall–Kier alpha value is -0.470. The fourth-order valence-electron chi connectivity index (χ4n) is 0.951. The molecule has 2 heteroatoms. The van der Waals surface area contributed by atoms with Gasteiger partial charge < -0.3 is 4.74 Å². The Balaban J connectivity index is 2.61. The molecule has 0 N–H and O–H groups in total. The lowest BCUT2D eigenvalue weighted by molar-refractivity contribution is 0.257. The minimum atomic E-state index is -0.0980. The molecule has 1 aromatic carbocycles. The van der Waals surface area contributed by atoms with Crippen molar-refractivity contribution in [3.63, 3.8) is 0 Å². The van der Waals surface area contributed by atoms with E-state index in [2.05, 4.69) is 30.5 Å². The van der Waals surface area contributed by atoms with Gasteiger partial charge >= 0.3 is 0 Å². The summed E-state index contributed by atoms with van der Waals surface area (Å²) in [4.78, 5) is 1.41. The average Bonchev–Trinajstić information content (AvgIpc) is 2.07. The van der Waals surface area contributed by atoms with E-state index in [1.165, 1.54) is 4.90 Å². The summed E-state index contributed by atoms with van der Waals surface area (Å²) in [5.41, 5.74) is 0. The van der Waals surface area contributed by atoms with E-state index >= 15 is 0 Å². The molecule has 0 saturated carbocycles. The van der Waals surface area contributed by atoms with Crippen LogP contribution in [0.1, 0.15) is 0 Å². The lowest BCUT2D eigenvalue weighted by atomic mass is 10.4. The zero-order chi connectivity index (χ0) is 8.10. The number of hydrogen-bond donors (Lipinski definition) is 1. The standard InChI is InChI=1S/C9H14OS/c1-10-8-11(2)9-6-4-3-5-7-9/h3-7,11H,8H2,1-2H3. The second-order valence-electron chi connectivity index (χ2n) is 2.45. The number of methoxy groups -OCH3 is 1. The van der Waals surface area contributed by atoms with Crippen LogP contribution in [0.4, 0.5) is 0 Å². The maximum Gasteiger partial charge on any atom is 0.0777 e. The fraction of sp³-hybridized carbons (Fsp3) is 0.333. The SMILES string of the molecule is COC[SH](C)c1ccccc1. The van der Waals surface area contributed by atoms with Crippen molar-refractivity contribution in [1.82, 2.24) is 0 Å². The van der Waals surface area contributed by atoms with Crippen molar-refractivity contribution in [2.45, 2.75) is 4.90 Å². The van der Waals surface area contributed by atoms with Crippen LogP contribution in [0.25, 0.3) is 0 Å². The maximum atomic E-state index is 5.09. The third kappa shape index (κ3) is 2.56. The fourth-order valence-corrected chi connectivity index (χ4v) is 2.17. The molecule has 11 heavy (non-hydrogen) atoms. The Labute approximate surface area is 70.7 Å². The quantitative estimate of drug-likeness (QED) is 0.685. The zero-order valence-electron chi connectivity index (χ0n) is 6.95. The summed E-state index contributed by atoms with van der Waals surface area (Å²) in [7, 11) is 1.65. The molecule has 0 spiro atoms. The number of benzene rings is 1. The van der Waals surface area contributed by atoms with Gasteiger partial charge in [-0.15, -0.1) is 0 Å². The third-order valence-corrected chi connectivity index (χ3v) is 3.34. The van der Waals surface area contributed by atoms with E-state index in [0.717, 1.165) is 5.94 Å². The van der Waals surface area contributed by atoms with E-state index in [1.807, 2.05) is 6.07 Å². The highest BCUT2D eigenvalue weighted by molar-refractivity contribution is 8.16. The zero-order valence-corrected chi connectivity index (χ0v) is 7.84. The molecule has 0 saturated heterocycles. The van der Waals surface area contributed by atoms with Crippen molar-refractivity contribution in [1.29, 1.82) is 0 Å². The van der Waals surface area contributed by atoms with Gasteiger partial charge in [0.25, 0.3) is 0 Å². The van der Waals surface area contributed by atoms with Crippen LogP contribution in [-0.2, 0) is 4.74 Å². The van der Waals surface area contributed by atoms with Gasteiger partial charge in [0, 0.05) is 7.11 Å². The van der Waals surface area contributed by atoms with Crippen molar-refractivity contribution in [3.8, 4) is 0 Å². The van der Waals surface area contributed by atoms with Crippen molar-refractivity contribution < 1.29 is 4.74 Å². The number of rotatable bonds is 3. The topological polar surface area (TPSA) is 9.23 Å². The first-order chi connectivity index (χ1) is 5.34. The molecule has 0 bridgehead atoms. The van der Waals surface area contributed by atoms with Crippen LogP contribution < -0.4 is 0 Å². The minimum absolute atomic E-state index is 0.0980. The predicted molar refractivity (Wildman–Crippen MR) is 51.5 cm³/mol. The van der Waals surface area contributed by atoms with Gasteiger partial charge in [0.1, 0.15) is 0 Å². The van der Waals surface area contributed by atoms with E-state index in [0.29, 0.717) is 0 Å². The largest absolute Gasteiger partial charge is 0.376 e. The first-order valence-corrected chi connectivity index (χ1v) is 5.57. The van der Waals surface area contributed by atoms with Crippen LogP contribution in [0.5, 0.6) is 0 Å². The Bertz CT molecular complexity index is 198. The Morgan fingerprint density at radius 3 is 2.45 bits per heavy atom. The molecule has 1 nitrogen and oxygen atoms in total. The second kappa shape index (κ2) is 4.42. The molecule has 0 aliphatic carbocycles. The summed E-state index contributed by atoms with van der Waals surface area (Å²) in [6.07, 6.45) is 2.23. The number of thiol groups is 1. The van der Waals surface area contributed by atoms with E-state index in [-0.39, 0.29) is 10.9 Å². The Morgan fingerprint density at radius 1 is 1.27 bits per heavy atom. The van der Waals surface area contributed by atoms with Gasteiger partial charge in [-0.25, -0.2) is 10.9 Å². The highest BCUT2D eigenvalue weighted by Crippen LogP contribution is 2.31. The normalized spacial score (nSPS) is 14.5. The molecular weight excluding hydrogens is 156 g/mol. The Kier molecular flexibility index (Phi) is 3.46. The molecule has 1 rings (SSSR count). The lowest BCUT2D eigenvalue weighted by Gasteiger charge is -2.14. The van der Waals surface area contributed by atoms with Crippen molar-refractivity contribution in [2.75, 3.05) is 19.3 Å². The molecule has 62 valence electrons. The van der Waals surface area contributed by atoms with Gasteiger partial charge in [0.15, 0.2) is 0 Å². The molecule has 0 amide bonds. The first kappa shape index (κ1) is 8.62.